The van der Waals surface area contributed by atoms with Gasteiger partial charge in [-0.1, -0.05) is 41.3 Å². The van der Waals surface area contributed by atoms with Crippen LogP contribution in [-0.2, 0) is 4.79 Å². The van der Waals surface area contributed by atoms with Gasteiger partial charge in [-0.25, -0.2) is 4.79 Å². The summed E-state index contributed by atoms with van der Waals surface area (Å²) < 4.78 is 0.892. The molecule has 0 heterocycles. The van der Waals surface area contributed by atoms with Gasteiger partial charge < -0.3 is 16.0 Å². The second kappa shape index (κ2) is 8.02. The van der Waals surface area contributed by atoms with Crippen molar-refractivity contribution >= 4 is 33.6 Å². The smallest absolute Gasteiger partial charge is 0.315 e. The normalized spacial score (nSPS) is 15.3. The van der Waals surface area contributed by atoms with E-state index in [1.54, 1.807) is 12.1 Å². The fourth-order valence-corrected chi connectivity index (χ4v) is 2.81. The Bertz CT molecular complexity index is 501. The van der Waals surface area contributed by atoms with Crippen LogP contribution in [0.1, 0.15) is 32.1 Å². The van der Waals surface area contributed by atoms with E-state index in [1.165, 1.54) is 6.42 Å². The monoisotopic (exact) mass is 353 g/mol. The summed E-state index contributed by atoms with van der Waals surface area (Å²) in [5.74, 6) is -0.244. The van der Waals surface area contributed by atoms with Crippen LogP contribution in [0, 0.1) is 0 Å². The zero-order valence-corrected chi connectivity index (χ0v) is 13.4. The van der Waals surface area contributed by atoms with Gasteiger partial charge in [0.15, 0.2) is 0 Å². The predicted octanol–water partition coefficient (Wildman–Crippen LogP) is 3.02. The number of hydrogen-bond donors (Lipinski definition) is 3. The molecule has 1 aromatic carbocycles. The Hall–Kier alpha value is -1.56. The Morgan fingerprint density at radius 3 is 2.67 bits per heavy atom. The van der Waals surface area contributed by atoms with Crippen LogP contribution in [-0.4, -0.2) is 24.5 Å². The van der Waals surface area contributed by atoms with Crippen molar-refractivity contribution in [2.45, 2.75) is 38.1 Å². The summed E-state index contributed by atoms with van der Waals surface area (Å²) in [4.78, 5) is 23.5. The summed E-state index contributed by atoms with van der Waals surface area (Å²) in [6.45, 7) is -0.0366. The highest BCUT2D eigenvalue weighted by atomic mass is 79.9. The van der Waals surface area contributed by atoms with E-state index in [9.17, 15) is 9.59 Å². The van der Waals surface area contributed by atoms with Crippen molar-refractivity contribution < 1.29 is 9.59 Å². The molecule has 0 unspecified atom stereocenters. The molecule has 0 saturated heterocycles. The van der Waals surface area contributed by atoms with Crippen LogP contribution < -0.4 is 16.0 Å². The Labute approximate surface area is 133 Å². The molecule has 3 N–H and O–H groups in total. The molecule has 21 heavy (non-hydrogen) atoms. The van der Waals surface area contributed by atoms with Crippen molar-refractivity contribution in [3.8, 4) is 0 Å². The maximum atomic E-state index is 11.8. The highest BCUT2D eigenvalue weighted by Crippen LogP contribution is 2.17. The van der Waals surface area contributed by atoms with Gasteiger partial charge in [-0.3, -0.25) is 4.79 Å². The zero-order valence-electron chi connectivity index (χ0n) is 11.8. The van der Waals surface area contributed by atoms with Crippen molar-refractivity contribution in [1.82, 2.24) is 10.6 Å². The van der Waals surface area contributed by atoms with E-state index in [1.807, 2.05) is 12.1 Å². The number of carbonyl (C=O) groups excluding carboxylic acids is 2. The molecule has 0 atom stereocenters. The molecule has 0 aromatic heterocycles. The van der Waals surface area contributed by atoms with Gasteiger partial charge in [-0.15, -0.1) is 0 Å². The standard InChI is InChI=1S/C15H20BrN3O2/c16-11-5-4-8-13(9-11)18-14(20)10-17-15(21)19-12-6-2-1-3-7-12/h4-5,8-9,12H,1-3,6-7,10H2,(H,18,20)(H2,17,19,21). The Kier molecular flexibility index (Phi) is 6.04. The number of hydrogen-bond acceptors (Lipinski definition) is 2. The van der Waals surface area contributed by atoms with E-state index in [-0.39, 0.29) is 24.5 Å². The number of nitrogens with one attached hydrogen (secondary N) is 3. The minimum Gasteiger partial charge on any atom is -0.335 e. The molecule has 1 aromatic rings. The lowest BCUT2D eigenvalue weighted by Crippen LogP contribution is -2.45. The molecule has 0 spiro atoms. The van der Waals surface area contributed by atoms with E-state index in [2.05, 4.69) is 31.9 Å². The van der Waals surface area contributed by atoms with Crippen LogP contribution in [0.2, 0.25) is 0 Å². The number of rotatable bonds is 4. The van der Waals surface area contributed by atoms with Gasteiger partial charge in [-0.2, -0.15) is 0 Å². The third-order valence-corrected chi connectivity index (χ3v) is 3.95. The highest BCUT2D eigenvalue weighted by Gasteiger charge is 2.15. The molecule has 0 aliphatic heterocycles. The molecule has 2 rings (SSSR count). The summed E-state index contributed by atoms with van der Waals surface area (Å²) in [5.41, 5.74) is 0.698. The average molecular weight is 354 g/mol. The third kappa shape index (κ3) is 5.75. The van der Waals surface area contributed by atoms with Crippen LogP contribution >= 0.6 is 15.9 Å². The molecule has 1 saturated carbocycles. The van der Waals surface area contributed by atoms with E-state index in [4.69, 9.17) is 0 Å². The van der Waals surface area contributed by atoms with Gasteiger partial charge in [0.1, 0.15) is 0 Å². The van der Waals surface area contributed by atoms with Gasteiger partial charge in [0, 0.05) is 16.2 Å². The van der Waals surface area contributed by atoms with Gasteiger partial charge >= 0.3 is 6.03 Å². The number of halogens is 1. The van der Waals surface area contributed by atoms with Crippen molar-refractivity contribution in [3.63, 3.8) is 0 Å². The minimum atomic E-state index is -0.272. The molecule has 1 aliphatic carbocycles. The van der Waals surface area contributed by atoms with Gasteiger partial charge in [0.05, 0.1) is 6.54 Å². The van der Waals surface area contributed by atoms with Gasteiger partial charge in [0.25, 0.3) is 0 Å². The van der Waals surface area contributed by atoms with Crippen LogP contribution in [0.4, 0.5) is 10.5 Å². The highest BCUT2D eigenvalue weighted by molar-refractivity contribution is 9.10. The number of urea groups is 1. The predicted molar refractivity (Wildman–Crippen MR) is 86.2 cm³/mol. The SMILES string of the molecule is O=C(CNC(=O)NC1CCCCC1)Nc1cccc(Br)c1. The summed E-state index contributed by atoms with van der Waals surface area (Å²) >= 11 is 3.34. The molecule has 1 fully saturated rings. The second-order valence-electron chi connectivity index (χ2n) is 5.22. The number of benzene rings is 1. The van der Waals surface area contributed by atoms with Crippen molar-refractivity contribution in [2.75, 3.05) is 11.9 Å². The lowest BCUT2D eigenvalue weighted by atomic mass is 9.96. The number of carbonyl (C=O) groups is 2. The lowest BCUT2D eigenvalue weighted by Gasteiger charge is -2.22. The summed E-state index contributed by atoms with van der Waals surface area (Å²) in [6, 6.07) is 7.29. The first-order chi connectivity index (χ1) is 10.1. The van der Waals surface area contributed by atoms with Crippen LogP contribution in [0.5, 0.6) is 0 Å². The van der Waals surface area contributed by atoms with Gasteiger partial charge in [-0.05, 0) is 31.0 Å². The second-order valence-corrected chi connectivity index (χ2v) is 6.14. The van der Waals surface area contributed by atoms with Gasteiger partial charge in [0.2, 0.25) is 5.91 Å². The first-order valence-electron chi connectivity index (χ1n) is 7.23. The summed E-state index contributed by atoms with van der Waals surface area (Å²) in [5, 5.41) is 8.23. The molecule has 5 nitrogen and oxygen atoms in total. The van der Waals surface area contributed by atoms with E-state index < -0.39 is 0 Å². The molecule has 6 heteroatoms. The van der Waals surface area contributed by atoms with E-state index in [0.717, 1.165) is 30.2 Å². The van der Waals surface area contributed by atoms with Crippen LogP contribution in [0.25, 0.3) is 0 Å². The average Bonchev–Trinajstić information content (AvgIpc) is 2.46. The first-order valence-corrected chi connectivity index (χ1v) is 8.02. The zero-order chi connectivity index (χ0) is 15.1. The largest absolute Gasteiger partial charge is 0.335 e. The van der Waals surface area contributed by atoms with Crippen molar-refractivity contribution in [3.05, 3.63) is 28.7 Å². The molecule has 1 aliphatic rings. The minimum absolute atomic E-state index is 0.0366. The molecule has 3 amide bonds. The van der Waals surface area contributed by atoms with Crippen molar-refractivity contribution in [2.24, 2.45) is 0 Å². The summed E-state index contributed by atoms with van der Waals surface area (Å²) in [7, 11) is 0. The van der Waals surface area contributed by atoms with E-state index in [0.29, 0.717) is 5.69 Å². The number of anilines is 1. The van der Waals surface area contributed by atoms with E-state index >= 15 is 0 Å². The topological polar surface area (TPSA) is 70.2 Å². The first kappa shape index (κ1) is 15.8. The Balaban J connectivity index is 1.69. The molecule has 0 radical (unpaired) electrons. The Morgan fingerprint density at radius 2 is 1.95 bits per heavy atom. The molecular weight excluding hydrogens is 334 g/mol. The van der Waals surface area contributed by atoms with Crippen molar-refractivity contribution in [1.29, 1.82) is 0 Å². The maximum absolute atomic E-state index is 11.8. The fourth-order valence-electron chi connectivity index (χ4n) is 2.42. The third-order valence-electron chi connectivity index (χ3n) is 3.46. The summed E-state index contributed by atoms with van der Waals surface area (Å²) in [6.07, 6.45) is 5.62. The Morgan fingerprint density at radius 1 is 1.19 bits per heavy atom. The maximum Gasteiger partial charge on any atom is 0.315 e. The quantitative estimate of drug-likeness (QED) is 0.778. The lowest BCUT2D eigenvalue weighted by molar-refractivity contribution is -0.115. The van der Waals surface area contributed by atoms with Crippen LogP contribution in [0.15, 0.2) is 28.7 Å². The molecule has 114 valence electrons. The fraction of sp³-hybridized carbons (Fsp3) is 0.467. The van der Waals surface area contributed by atoms with Crippen LogP contribution in [0.3, 0.4) is 0 Å². The molecule has 0 bridgehead atoms. The molecular formula is C15H20BrN3O2. The number of amides is 3.